The van der Waals surface area contributed by atoms with Gasteiger partial charge in [0, 0.05) is 18.9 Å². The molecule has 0 aromatic heterocycles. The van der Waals surface area contributed by atoms with Gasteiger partial charge in [0.1, 0.15) is 5.82 Å². The highest BCUT2D eigenvalue weighted by Gasteiger charge is 2.01. The van der Waals surface area contributed by atoms with Gasteiger partial charge in [0.25, 0.3) is 0 Å². The van der Waals surface area contributed by atoms with Crippen molar-refractivity contribution in [2.24, 2.45) is 0 Å². The van der Waals surface area contributed by atoms with Crippen LogP contribution in [0.2, 0.25) is 0 Å². The van der Waals surface area contributed by atoms with E-state index in [9.17, 15) is 9.18 Å². The minimum atomic E-state index is -0.250. The first-order valence-electron chi connectivity index (χ1n) is 5.42. The van der Waals surface area contributed by atoms with Crippen molar-refractivity contribution < 1.29 is 14.3 Å². The number of amides is 1. The summed E-state index contributed by atoms with van der Waals surface area (Å²) in [5, 5.41) is 11.2. The highest BCUT2D eigenvalue weighted by Crippen LogP contribution is 2.12. The first kappa shape index (κ1) is 14.0. The second-order valence-corrected chi connectivity index (χ2v) is 4.53. The van der Waals surface area contributed by atoms with Crippen LogP contribution in [-0.2, 0) is 10.5 Å². The van der Waals surface area contributed by atoms with Crippen molar-refractivity contribution in [2.75, 3.05) is 18.9 Å². The normalized spacial score (nSPS) is 10.2. The van der Waals surface area contributed by atoms with E-state index in [-0.39, 0.29) is 18.3 Å². The molecular formula is C12H16FNO2S. The molecule has 1 aromatic carbocycles. The molecule has 0 atom stereocenters. The largest absolute Gasteiger partial charge is 0.396 e. The number of halogens is 1. The summed E-state index contributed by atoms with van der Waals surface area (Å²) < 4.78 is 12.6. The summed E-state index contributed by atoms with van der Waals surface area (Å²) >= 11 is 1.48. The minimum absolute atomic E-state index is 0.0365. The molecule has 0 fully saturated rings. The Morgan fingerprint density at radius 3 is 2.71 bits per heavy atom. The van der Waals surface area contributed by atoms with Gasteiger partial charge in [-0.05, 0) is 24.1 Å². The molecule has 0 aliphatic heterocycles. The van der Waals surface area contributed by atoms with Gasteiger partial charge in [-0.1, -0.05) is 12.1 Å². The van der Waals surface area contributed by atoms with Gasteiger partial charge in [0.05, 0.1) is 5.75 Å². The maximum absolute atomic E-state index is 12.6. The van der Waals surface area contributed by atoms with Crippen LogP contribution in [0, 0.1) is 5.82 Å². The van der Waals surface area contributed by atoms with Crippen molar-refractivity contribution in [1.82, 2.24) is 5.32 Å². The second-order valence-electron chi connectivity index (χ2n) is 3.55. The smallest absolute Gasteiger partial charge is 0.230 e. The number of aliphatic hydroxyl groups is 1. The molecule has 5 heteroatoms. The maximum atomic E-state index is 12.6. The molecule has 0 saturated heterocycles. The van der Waals surface area contributed by atoms with Crippen LogP contribution in [0.15, 0.2) is 24.3 Å². The van der Waals surface area contributed by atoms with Crippen molar-refractivity contribution >= 4 is 17.7 Å². The number of benzene rings is 1. The van der Waals surface area contributed by atoms with E-state index in [1.807, 2.05) is 0 Å². The van der Waals surface area contributed by atoms with Crippen LogP contribution in [0.25, 0.3) is 0 Å². The zero-order valence-corrected chi connectivity index (χ0v) is 10.3. The van der Waals surface area contributed by atoms with E-state index in [0.29, 0.717) is 24.5 Å². The summed E-state index contributed by atoms with van der Waals surface area (Å²) in [4.78, 5) is 11.3. The average molecular weight is 257 g/mol. The quantitative estimate of drug-likeness (QED) is 0.729. The lowest BCUT2D eigenvalue weighted by Gasteiger charge is -2.04. The number of carbonyl (C=O) groups excluding carboxylic acids is 1. The molecule has 1 aromatic rings. The monoisotopic (exact) mass is 257 g/mol. The Morgan fingerprint density at radius 1 is 1.35 bits per heavy atom. The molecular weight excluding hydrogens is 241 g/mol. The Hall–Kier alpha value is -1.07. The number of nitrogens with one attached hydrogen (secondary N) is 1. The third-order valence-electron chi connectivity index (χ3n) is 2.07. The molecule has 0 aliphatic rings. The lowest BCUT2D eigenvalue weighted by Crippen LogP contribution is -2.26. The Morgan fingerprint density at radius 2 is 2.06 bits per heavy atom. The molecule has 0 heterocycles. The van der Waals surface area contributed by atoms with E-state index >= 15 is 0 Å². The Kier molecular flexibility index (Phi) is 6.65. The Labute approximate surface area is 104 Å². The van der Waals surface area contributed by atoms with Crippen LogP contribution in [0.3, 0.4) is 0 Å². The standard InChI is InChI=1S/C12H16FNO2S/c13-11-4-2-10(3-5-11)8-17-9-12(16)14-6-1-7-15/h2-5,15H,1,6-9H2,(H,14,16). The topological polar surface area (TPSA) is 49.3 Å². The fraction of sp³-hybridized carbons (Fsp3) is 0.417. The van der Waals surface area contributed by atoms with Gasteiger partial charge in [-0.3, -0.25) is 4.79 Å². The summed E-state index contributed by atoms with van der Waals surface area (Å²) in [6.45, 7) is 0.593. The molecule has 0 spiro atoms. The van der Waals surface area contributed by atoms with E-state index in [1.54, 1.807) is 12.1 Å². The third-order valence-corrected chi connectivity index (χ3v) is 3.08. The lowest BCUT2D eigenvalue weighted by atomic mass is 10.2. The Bertz CT molecular complexity index is 343. The molecule has 94 valence electrons. The molecule has 2 N–H and O–H groups in total. The lowest BCUT2D eigenvalue weighted by molar-refractivity contribution is -0.118. The van der Waals surface area contributed by atoms with Gasteiger partial charge in [-0.25, -0.2) is 4.39 Å². The van der Waals surface area contributed by atoms with E-state index in [1.165, 1.54) is 23.9 Å². The van der Waals surface area contributed by atoms with Crippen LogP contribution < -0.4 is 5.32 Å². The maximum Gasteiger partial charge on any atom is 0.230 e. The predicted octanol–water partition coefficient (Wildman–Crippen LogP) is 1.56. The number of hydrogen-bond acceptors (Lipinski definition) is 3. The molecule has 0 unspecified atom stereocenters. The molecule has 17 heavy (non-hydrogen) atoms. The highest BCUT2D eigenvalue weighted by molar-refractivity contribution is 7.99. The summed E-state index contributed by atoms with van der Waals surface area (Å²) in [5.41, 5.74) is 1.000. The fourth-order valence-corrected chi connectivity index (χ4v) is 2.02. The van der Waals surface area contributed by atoms with Crippen LogP contribution >= 0.6 is 11.8 Å². The van der Waals surface area contributed by atoms with E-state index in [2.05, 4.69) is 5.32 Å². The molecule has 0 radical (unpaired) electrons. The van der Waals surface area contributed by atoms with Crippen molar-refractivity contribution in [3.8, 4) is 0 Å². The van der Waals surface area contributed by atoms with E-state index in [4.69, 9.17) is 5.11 Å². The van der Waals surface area contributed by atoms with Crippen LogP contribution in [0.4, 0.5) is 4.39 Å². The van der Waals surface area contributed by atoms with Crippen LogP contribution in [0.1, 0.15) is 12.0 Å². The number of carbonyl (C=O) groups is 1. The highest BCUT2D eigenvalue weighted by atomic mass is 32.2. The van der Waals surface area contributed by atoms with Gasteiger partial charge in [-0.2, -0.15) is 0 Å². The summed E-state index contributed by atoms with van der Waals surface area (Å²) in [6.07, 6.45) is 0.578. The van der Waals surface area contributed by atoms with Gasteiger partial charge in [0.15, 0.2) is 0 Å². The van der Waals surface area contributed by atoms with Gasteiger partial charge in [0.2, 0.25) is 5.91 Å². The fourth-order valence-electron chi connectivity index (χ4n) is 1.20. The van der Waals surface area contributed by atoms with Crippen LogP contribution in [-0.4, -0.2) is 29.9 Å². The molecule has 3 nitrogen and oxygen atoms in total. The minimum Gasteiger partial charge on any atom is -0.396 e. The van der Waals surface area contributed by atoms with Crippen molar-refractivity contribution in [2.45, 2.75) is 12.2 Å². The van der Waals surface area contributed by atoms with E-state index < -0.39 is 0 Å². The van der Waals surface area contributed by atoms with Crippen LogP contribution in [0.5, 0.6) is 0 Å². The summed E-state index contributed by atoms with van der Waals surface area (Å²) in [7, 11) is 0. The number of hydrogen-bond donors (Lipinski definition) is 2. The van der Waals surface area contributed by atoms with Crippen molar-refractivity contribution in [3.05, 3.63) is 35.6 Å². The Balaban J connectivity index is 2.14. The summed E-state index contributed by atoms with van der Waals surface area (Å²) in [6, 6.07) is 6.26. The molecule has 0 bridgehead atoms. The van der Waals surface area contributed by atoms with Gasteiger partial charge >= 0.3 is 0 Å². The average Bonchev–Trinajstić information content (AvgIpc) is 2.32. The summed E-state index contributed by atoms with van der Waals surface area (Å²) in [5.74, 6) is 0.780. The molecule has 1 amide bonds. The predicted molar refractivity (Wildman–Crippen MR) is 67.3 cm³/mol. The SMILES string of the molecule is O=C(CSCc1ccc(F)cc1)NCCCO. The van der Waals surface area contributed by atoms with Crippen molar-refractivity contribution in [1.29, 1.82) is 0 Å². The molecule has 1 rings (SSSR count). The van der Waals surface area contributed by atoms with E-state index in [0.717, 1.165) is 5.56 Å². The number of aliphatic hydroxyl groups excluding tert-OH is 1. The van der Waals surface area contributed by atoms with Crippen molar-refractivity contribution in [3.63, 3.8) is 0 Å². The van der Waals surface area contributed by atoms with Gasteiger partial charge in [-0.15, -0.1) is 11.8 Å². The second kappa shape index (κ2) is 8.08. The zero-order chi connectivity index (χ0) is 12.5. The molecule has 0 saturated carbocycles. The number of rotatable bonds is 7. The third kappa shape index (κ3) is 6.28. The molecule has 0 aliphatic carbocycles. The number of thioether (sulfide) groups is 1. The van der Waals surface area contributed by atoms with Gasteiger partial charge < -0.3 is 10.4 Å². The first-order chi connectivity index (χ1) is 8.22. The zero-order valence-electron chi connectivity index (χ0n) is 9.49. The first-order valence-corrected chi connectivity index (χ1v) is 6.57.